The molecular formula is C15H30N2. The van der Waals surface area contributed by atoms with Gasteiger partial charge in [0, 0.05) is 18.6 Å². The van der Waals surface area contributed by atoms with Crippen LogP contribution in [0.1, 0.15) is 59.3 Å². The zero-order valence-corrected chi connectivity index (χ0v) is 11.9. The summed E-state index contributed by atoms with van der Waals surface area (Å²) < 4.78 is 0. The number of nitrogens with two attached hydrogens (primary N) is 1. The lowest BCUT2D eigenvalue weighted by molar-refractivity contribution is -0.00940. The Hall–Kier alpha value is -0.0800. The highest BCUT2D eigenvalue weighted by molar-refractivity contribution is 4.94. The standard InChI is InChI=1S/C15H30N2/c1-15(2,3)14(11-16)17-10-6-8-12-7-4-5-9-13(12)17/h12-14H,4-11,16H2,1-3H3/t12-,13-,14?/m1/s1. The summed E-state index contributed by atoms with van der Waals surface area (Å²) in [7, 11) is 0. The minimum atomic E-state index is 0.314. The Morgan fingerprint density at radius 2 is 1.76 bits per heavy atom. The summed E-state index contributed by atoms with van der Waals surface area (Å²) in [6, 6.07) is 1.40. The molecule has 3 atom stereocenters. The molecule has 1 unspecified atom stereocenters. The summed E-state index contributed by atoms with van der Waals surface area (Å²) in [5.74, 6) is 0.967. The van der Waals surface area contributed by atoms with E-state index in [4.69, 9.17) is 5.73 Å². The molecule has 1 saturated carbocycles. The van der Waals surface area contributed by atoms with Gasteiger partial charge in [0.25, 0.3) is 0 Å². The van der Waals surface area contributed by atoms with Crippen molar-refractivity contribution in [1.82, 2.24) is 4.90 Å². The van der Waals surface area contributed by atoms with E-state index in [0.717, 1.165) is 18.5 Å². The fourth-order valence-corrected chi connectivity index (χ4v) is 4.04. The van der Waals surface area contributed by atoms with Crippen LogP contribution in [0.4, 0.5) is 0 Å². The molecule has 1 aliphatic heterocycles. The lowest BCUT2D eigenvalue weighted by Crippen LogP contribution is -2.57. The van der Waals surface area contributed by atoms with Crippen molar-refractivity contribution in [3.05, 3.63) is 0 Å². The molecule has 0 aromatic rings. The van der Waals surface area contributed by atoms with Crippen LogP contribution in [-0.4, -0.2) is 30.1 Å². The van der Waals surface area contributed by atoms with Crippen LogP contribution in [0.25, 0.3) is 0 Å². The van der Waals surface area contributed by atoms with Crippen LogP contribution in [0, 0.1) is 11.3 Å². The summed E-state index contributed by atoms with van der Waals surface area (Å²) in [5.41, 5.74) is 6.38. The van der Waals surface area contributed by atoms with E-state index in [1.54, 1.807) is 0 Å². The largest absolute Gasteiger partial charge is 0.329 e. The molecule has 0 bridgehead atoms. The lowest BCUT2D eigenvalue weighted by Gasteiger charge is -2.51. The van der Waals surface area contributed by atoms with Gasteiger partial charge in [0.15, 0.2) is 0 Å². The number of nitrogens with zero attached hydrogens (tertiary/aromatic N) is 1. The van der Waals surface area contributed by atoms with Crippen molar-refractivity contribution in [2.45, 2.75) is 71.4 Å². The molecule has 0 spiro atoms. The molecule has 2 aliphatic rings. The molecule has 2 heteroatoms. The number of rotatable bonds is 2. The molecule has 2 N–H and O–H groups in total. The third kappa shape index (κ3) is 2.85. The number of hydrogen-bond donors (Lipinski definition) is 1. The van der Waals surface area contributed by atoms with Crippen LogP contribution in [0.3, 0.4) is 0 Å². The molecule has 100 valence electrons. The third-order valence-corrected chi connectivity index (χ3v) is 4.91. The van der Waals surface area contributed by atoms with Gasteiger partial charge in [-0.15, -0.1) is 0 Å². The Balaban J connectivity index is 2.12. The first-order chi connectivity index (χ1) is 8.04. The summed E-state index contributed by atoms with van der Waals surface area (Å²) >= 11 is 0. The van der Waals surface area contributed by atoms with Gasteiger partial charge in [-0.3, -0.25) is 4.90 Å². The van der Waals surface area contributed by atoms with Crippen molar-refractivity contribution in [3.63, 3.8) is 0 Å². The molecular weight excluding hydrogens is 208 g/mol. The van der Waals surface area contributed by atoms with Crippen molar-refractivity contribution in [2.75, 3.05) is 13.1 Å². The predicted molar refractivity (Wildman–Crippen MR) is 74.0 cm³/mol. The molecule has 1 saturated heterocycles. The van der Waals surface area contributed by atoms with Crippen molar-refractivity contribution in [2.24, 2.45) is 17.1 Å². The number of fused-ring (bicyclic) bond motifs is 1. The van der Waals surface area contributed by atoms with E-state index in [9.17, 15) is 0 Å². The predicted octanol–water partition coefficient (Wildman–Crippen LogP) is 3.01. The van der Waals surface area contributed by atoms with Crippen LogP contribution in [0.2, 0.25) is 0 Å². The quantitative estimate of drug-likeness (QED) is 0.801. The van der Waals surface area contributed by atoms with Crippen molar-refractivity contribution in [3.8, 4) is 0 Å². The molecule has 0 aromatic heterocycles. The SMILES string of the molecule is CC(C)(C)C(CN)N1CCC[C@H]2CCCC[C@H]21. The van der Waals surface area contributed by atoms with Gasteiger partial charge in [-0.2, -0.15) is 0 Å². The third-order valence-electron chi connectivity index (χ3n) is 4.91. The molecule has 2 nitrogen and oxygen atoms in total. The highest BCUT2D eigenvalue weighted by Crippen LogP contribution is 2.38. The van der Waals surface area contributed by atoms with E-state index in [0.29, 0.717) is 11.5 Å². The molecule has 1 heterocycles. The Kier molecular flexibility index (Phi) is 4.14. The van der Waals surface area contributed by atoms with Crippen LogP contribution < -0.4 is 5.73 Å². The zero-order chi connectivity index (χ0) is 12.5. The highest BCUT2D eigenvalue weighted by Gasteiger charge is 2.39. The second-order valence-corrected chi connectivity index (χ2v) is 7.11. The Labute approximate surface area is 107 Å². The maximum absolute atomic E-state index is 6.07. The van der Waals surface area contributed by atoms with Crippen LogP contribution in [-0.2, 0) is 0 Å². The first-order valence-electron chi connectivity index (χ1n) is 7.50. The Morgan fingerprint density at radius 1 is 1.12 bits per heavy atom. The zero-order valence-electron chi connectivity index (χ0n) is 11.9. The second kappa shape index (κ2) is 5.27. The maximum atomic E-state index is 6.07. The molecule has 17 heavy (non-hydrogen) atoms. The fourth-order valence-electron chi connectivity index (χ4n) is 4.04. The monoisotopic (exact) mass is 238 g/mol. The molecule has 0 amide bonds. The number of piperidine rings is 1. The van der Waals surface area contributed by atoms with Crippen LogP contribution in [0.5, 0.6) is 0 Å². The van der Waals surface area contributed by atoms with E-state index in [2.05, 4.69) is 25.7 Å². The fraction of sp³-hybridized carbons (Fsp3) is 1.00. The van der Waals surface area contributed by atoms with Crippen molar-refractivity contribution in [1.29, 1.82) is 0 Å². The first kappa shape index (κ1) is 13.4. The highest BCUT2D eigenvalue weighted by atomic mass is 15.2. The summed E-state index contributed by atoms with van der Waals surface area (Å²) in [6.07, 6.45) is 8.60. The van der Waals surface area contributed by atoms with Crippen molar-refractivity contribution >= 4 is 0 Å². The normalized spacial score (nSPS) is 33.2. The van der Waals surface area contributed by atoms with Gasteiger partial charge in [0.1, 0.15) is 0 Å². The Bertz CT molecular complexity index is 242. The van der Waals surface area contributed by atoms with Gasteiger partial charge in [-0.1, -0.05) is 33.6 Å². The average molecular weight is 238 g/mol. The molecule has 1 aliphatic carbocycles. The van der Waals surface area contributed by atoms with Gasteiger partial charge in [-0.05, 0) is 43.6 Å². The van der Waals surface area contributed by atoms with Gasteiger partial charge < -0.3 is 5.73 Å². The van der Waals surface area contributed by atoms with E-state index >= 15 is 0 Å². The lowest BCUT2D eigenvalue weighted by atomic mass is 9.75. The second-order valence-electron chi connectivity index (χ2n) is 7.11. The van der Waals surface area contributed by atoms with E-state index in [-0.39, 0.29) is 0 Å². The summed E-state index contributed by atoms with van der Waals surface area (Å²) in [4.78, 5) is 2.77. The topological polar surface area (TPSA) is 29.3 Å². The van der Waals surface area contributed by atoms with Crippen molar-refractivity contribution < 1.29 is 0 Å². The minimum Gasteiger partial charge on any atom is -0.329 e. The van der Waals surface area contributed by atoms with E-state index in [1.807, 2.05) is 0 Å². The van der Waals surface area contributed by atoms with Gasteiger partial charge in [0.2, 0.25) is 0 Å². The van der Waals surface area contributed by atoms with E-state index < -0.39 is 0 Å². The van der Waals surface area contributed by atoms with Gasteiger partial charge in [-0.25, -0.2) is 0 Å². The van der Waals surface area contributed by atoms with Gasteiger partial charge >= 0.3 is 0 Å². The Morgan fingerprint density at radius 3 is 2.41 bits per heavy atom. The van der Waals surface area contributed by atoms with Crippen LogP contribution in [0.15, 0.2) is 0 Å². The minimum absolute atomic E-state index is 0.314. The summed E-state index contributed by atoms with van der Waals surface area (Å²) in [6.45, 7) is 9.12. The average Bonchev–Trinajstić information content (AvgIpc) is 2.28. The van der Waals surface area contributed by atoms with Crippen LogP contribution >= 0.6 is 0 Å². The number of hydrogen-bond acceptors (Lipinski definition) is 2. The first-order valence-corrected chi connectivity index (χ1v) is 7.50. The van der Waals surface area contributed by atoms with Gasteiger partial charge in [0.05, 0.1) is 0 Å². The summed E-state index contributed by atoms with van der Waals surface area (Å²) in [5, 5.41) is 0. The number of likely N-dealkylation sites (tertiary alicyclic amines) is 1. The molecule has 2 rings (SSSR count). The molecule has 0 radical (unpaired) electrons. The maximum Gasteiger partial charge on any atom is 0.0269 e. The molecule has 2 fully saturated rings. The smallest absolute Gasteiger partial charge is 0.0269 e. The van der Waals surface area contributed by atoms with E-state index in [1.165, 1.54) is 45.1 Å². The molecule has 0 aromatic carbocycles.